The van der Waals surface area contributed by atoms with E-state index in [1.165, 1.54) is 6.33 Å². The predicted octanol–water partition coefficient (Wildman–Crippen LogP) is -0.467. The van der Waals surface area contributed by atoms with Crippen LogP contribution in [0.3, 0.4) is 0 Å². The Labute approximate surface area is 146 Å². The van der Waals surface area contributed by atoms with Crippen molar-refractivity contribution in [1.82, 2.24) is 29.8 Å². The first-order chi connectivity index (χ1) is 12.0. The van der Waals surface area contributed by atoms with Crippen molar-refractivity contribution in [2.45, 2.75) is 0 Å². The van der Waals surface area contributed by atoms with Crippen molar-refractivity contribution in [3.63, 3.8) is 0 Å². The van der Waals surface area contributed by atoms with Gasteiger partial charge in [-0.2, -0.15) is 0 Å². The quantitative estimate of drug-likeness (QED) is 0.534. The number of hydrogen-bond donors (Lipinski definition) is 2. The molecule has 0 saturated carbocycles. The Bertz CT molecular complexity index is 556. The second kappa shape index (κ2) is 7.87. The van der Waals surface area contributed by atoms with E-state index >= 15 is 0 Å². The highest BCUT2D eigenvalue weighted by molar-refractivity contribution is 5.68. The van der Waals surface area contributed by atoms with E-state index in [2.05, 4.69) is 44.7 Å². The van der Waals surface area contributed by atoms with E-state index in [4.69, 9.17) is 0 Å². The lowest BCUT2D eigenvalue weighted by molar-refractivity contribution is -0.383. The van der Waals surface area contributed by atoms with Crippen LogP contribution in [0.1, 0.15) is 0 Å². The fraction of sp³-hybridized carbons (Fsp3) is 0.714. The summed E-state index contributed by atoms with van der Waals surface area (Å²) in [5, 5.41) is 15.5. The van der Waals surface area contributed by atoms with Crippen molar-refractivity contribution in [3.8, 4) is 0 Å². The maximum Gasteiger partial charge on any atom is 0.355 e. The second-order valence-electron chi connectivity index (χ2n) is 6.48. The van der Waals surface area contributed by atoms with Crippen molar-refractivity contribution in [1.29, 1.82) is 0 Å². The molecule has 0 unspecified atom stereocenters. The summed E-state index contributed by atoms with van der Waals surface area (Å²) >= 11 is 0. The number of rotatable bonds is 5. The van der Waals surface area contributed by atoms with Crippen LogP contribution in [-0.2, 0) is 0 Å². The average Bonchev–Trinajstić information content (AvgIpc) is 2.59. The van der Waals surface area contributed by atoms with Crippen LogP contribution in [0, 0.1) is 10.1 Å². The number of nitrogens with one attached hydrogen (secondary N) is 2. The standard InChI is InChI=1S/C14H25N9O2/c1-19-3-7-21(8-4-19)17-13-12(23(24)25)14(16-11-15-13)18-22-9-5-20(2)6-10-22/h11H,3-10H2,1-2H3,(H2,15,16,17,18). The highest BCUT2D eigenvalue weighted by Crippen LogP contribution is 2.29. The molecule has 0 aliphatic carbocycles. The smallest absolute Gasteiger partial charge is 0.304 e. The average molecular weight is 351 g/mol. The maximum absolute atomic E-state index is 11.6. The fourth-order valence-corrected chi connectivity index (χ4v) is 2.85. The minimum Gasteiger partial charge on any atom is -0.304 e. The van der Waals surface area contributed by atoms with Gasteiger partial charge in [0.05, 0.1) is 4.92 Å². The molecule has 0 radical (unpaired) electrons. The highest BCUT2D eigenvalue weighted by Gasteiger charge is 2.27. The summed E-state index contributed by atoms with van der Waals surface area (Å²) in [5.74, 6) is 0.447. The van der Waals surface area contributed by atoms with E-state index in [0.717, 1.165) is 52.4 Å². The third-order valence-corrected chi connectivity index (χ3v) is 4.54. The summed E-state index contributed by atoms with van der Waals surface area (Å²) in [7, 11) is 4.12. The lowest BCUT2D eigenvalue weighted by atomic mass is 10.3. The maximum atomic E-state index is 11.6. The molecule has 0 atom stereocenters. The van der Waals surface area contributed by atoms with Crippen molar-refractivity contribution < 1.29 is 4.92 Å². The van der Waals surface area contributed by atoms with Crippen LogP contribution in [0.2, 0.25) is 0 Å². The first-order valence-corrected chi connectivity index (χ1v) is 8.42. The number of aromatic nitrogens is 2. The molecular formula is C14H25N9O2. The van der Waals surface area contributed by atoms with Crippen LogP contribution in [-0.4, -0.2) is 101 Å². The van der Waals surface area contributed by atoms with Gasteiger partial charge in [0.1, 0.15) is 6.33 Å². The molecule has 11 nitrogen and oxygen atoms in total. The molecule has 3 heterocycles. The van der Waals surface area contributed by atoms with Gasteiger partial charge in [-0.05, 0) is 14.1 Å². The first-order valence-electron chi connectivity index (χ1n) is 8.42. The van der Waals surface area contributed by atoms with Gasteiger partial charge >= 0.3 is 5.69 Å². The molecule has 11 heteroatoms. The van der Waals surface area contributed by atoms with Gasteiger partial charge in [-0.25, -0.2) is 20.0 Å². The molecule has 138 valence electrons. The van der Waals surface area contributed by atoms with Crippen molar-refractivity contribution in [2.24, 2.45) is 0 Å². The second-order valence-corrected chi connectivity index (χ2v) is 6.48. The van der Waals surface area contributed by atoms with Crippen LogP contribution < -0.4 is 10.9 Å². The number of nitrogens with zero attached hydrogens (tertiary/aromatic N) is 7. The zero-order chi connectivity index (χ0) is 17.8. The van der Waals surface area contributed by atoms with E-state index in [1.54, 1.807) is 0 Å². The monoisotopic (exact) mass is 351 g/mol. The van der Waals surface area contributed by atoms with Crippen LogP contribution in [0.25, 0.3) is 0 Å². The SMILES string of the molecule is CN1CCN(Nc2ncnc(NN3CCN(C)CC3)c2[N+](=O)[O-])CC1. The van der Waals surface area contributed by atoms with Crippen LogP contribution in [0.15, 0.2) is 6.33 Å². The zero-order valence-corrected chi connectivity index (χ0v) is 14.7. The topological polar surface area (TPSA) is 106 Å². The predicted molar refractivity (Wildman–Crippen MR) is 94.1 cm³/mol. The molecule has 3 rings (SSSR count). The Morgan fingerprint density at radius 2 is 1.28 bits per heavy atom. The minimum absolute atomic E-state index is 0.125. The Morgan fingerprint density at radius 3 is 1.64 bits per heavy atom. The molecular weight excluding hydrogens is 326 g/mol. The molecule has 0 bridgehead atoms. The summed E-state index contributed by atoms with van der Waals surface area (Å²) in [5.41, 5.74) is 6.04. The van der Waals surface area contributed by atoms with Gasteiger partial charge < -0.3 is 9.80 Å². The van der Waals surface area contributed by atoms with Gasteiger partial charge in [0.15, 0.2) is 0 Å². The van der Waals surface area contributed by atoms with E-state index in [0.29, 0.717) is 0 Å². The first kappa shape index (κ1) is 17.7. The molecule has 2 aliphatic rings. The normalized spacial score (nSPS) is 21.2. The summed E-state index contributed by atoms with van der Waals surface area (Å²) in [4.78, 5) is 23.8. The van der Waals surface area contributed by atoms with E-state index < -0.39 is 4.92 Å². The molecule has 0 amide bonds. The van der Waals surface area contributed by atoms with Gasteiger partial charge in [0.2, 0.25) is 11.6 Å². The molecule has 2 saturated heterocycles. The van der Waals surface area contributed by atoms with Crippen molar-refractivity contribution in [2.75, 3.05) is 77.3 Å². The molecule has 2 aliphatic heterocycles. The Balaban J connectivity index is 1.73. The summed E-state index contributed by atoms with van der Waals surface area (Å²) in [6.07, 6.45) is 1.35. The zero-order valence-electron chi connectivity index (χ0n) is 14.7. The molecule has 0 aromatic carbocycles. The fourth-order valence-electron chi connectivity index (χ4n) is 2.85. The van der Waals surface area contributed by atoms with E-state index in [1.807, 2.05) is 10.0 Å². The van der Waals surface area contributed by atoms with Gasteiger partial charge in [-0.15, -0.1) is 0 Å². The Hall–Kier alpha value is -2.08. The number of nitro groups is 1. The molecule has 25 heavy (non-hydrogen) atoms. The van der Waals surface area contributed by atoms with Crippen molar-refractivity contribution >= 4 is 17.3 Å². The van der Waals surface area contributed by atoms with Crippen molar-refractivity contribution in [3.05, 3.63) is 16.4 Å². The number of hydrogen-bond acceptors (Lipinski definition) is 10. The third kappa shape index (κ3) is 4.51. The van der Waals surface area contributed by atoms with Gasteiger partial charge in [-0.1, -0.05) is 0 Å². The largest absolute Gasteiger partial charge is 0.355 e. The summed E-state index contributed by atoms with van der Waals surface area (Å²) < 4.78 is 0. The molecule has 1 aromatic heterocycles. The molecule has 2 N–H and O–H groups in total. The number of likely N-dealkylation sites (N-methyl/N-ethyl adjacent to an activating group) is 2. The number of hydrazine groups is 2. The van der Waals surface area contributed by atoms with E-state index in [-0.39, 0.29) is 17.3 Å². The third-order valence-electron chi connectivity index (χ3n) is 4.54. The molecule has 1 aromatic rings. The van der Waals surface area contributed by atoms with E-state index in [9.17, 15) is 10.1 Å². The lowest BCUT2D eigenvalue weighted by Gasteiger charge is -2.33. The number of piperazine rings is 2. The Kier molecular flexibility index (Phi) is 5.58. The lowest BCUT2D eigenvalue weighted by Crippen LogP contribution is -2.47. The van der Waals surface area contributed by atoms with Crippen LogP contribution in [0.4, 0.5) is 17.3 Å². The highest BCUT2D eigenvalue weighted by atomic mass is 16.6. The Morgan fingerprint density at radius 1 is 0.880 bits per heavy atom. The van der Waals surface area contributed by atoms with Crippen LogP contribution in [0.5, 0.6) is 0 Å². The molecule has 2 fully saturated rings. The summed E-state index contributed by atoms with van der Waals surface area (Å²) in [6, 6.07) is 0. The molecule has 0 spiro atoms. The van der Waals surface area contributed by atoms with Gasteiger partial charge in [0.25, 0.3) is 0 Å². The van der Waals surface area contributed by atoms with Gasteiger partial charge in [-0.3, -0.25) is 21.0 Å². The summed E-state index contributed by atoms with van der Waals surface area (Å²) in [6.45, 7) is 6.71. The minimum atomic E-state index is -0.434. The number of anilines is 2. The van der Waals surface area contributed by atoms with Gasteiger partial charge in [0, 0.05) is 52.4 Å². The van der Waals surface area contributed by atoms with Crippen LogP contribution >= 0.6 is 0 Å².